The number of aryl methyl sites for hydroxylation is 1. The van der Waals surface area contributed by atoms with Gasteiger partial charge in [-0.3, -0.25) is 0 Å². The first-order valence-electron chi connectivity index (χ1n) is 8.98. The minimum atomic E-state index is 0. The highest BCUT2D eigenvalue weighted by molar-refractivity contribution is 14.0. The fourth-order valence-electron chi connectivity index (χ4n) is 2.83. The lowest BCUT2D eigenvalue weighted by Crippen LogP contribution is -2.39. The molecular formula is C18H27IN6O. The fraction of sp³-hybridized carbons (Fsp3) is 0.500. The third kappa shape index (κ3) is 5.86. The quantitative estimate of drug-likeness (QED) is 0.281. The summed E-state index contributed by atoms with van der Waals surface area (Å²) in [6, 6.07) is 9.81. The Morgan fingerprint density at radius 3 is 2.85 bits per heavy atom. The molecule has 0 saturated carbocycles. The molecule has 0 saturated heterocycles. The van der Waals surface area contributed by atoms with Gasteiger partial charge in [-0.15, -0.1) is 34.2 Å². The van der Waals surface area contributed by atoms with Crippen LogP contribution in [0.15, 0.2) is 35.3 Å². The highest BCUT2D eigenvalue weighted by atomic mass is 127. The van der Waals surface area contributed by atoms with Gasteiger partial charge < -0.3 is 19.9 Å². The van der Waals surface area contributed by atoms with Gasteiger partial charge in [0.1, 0.15) is 24.7 Å². The second-order valence-electron chi connectivity index (χ2n) is 5.92. The first-order valence-corrected chi connectivity index (χ1v) is 8.98. The summed E-state index contributed by atoms with van der Waals surface area (Å²) in [6.07, 6.45) is 3.41. The molecule has 2 aromatic rings. The fourth-order valence-corrected chi connectivity index (χ4v) is 2.83. The number of aliphatic imine (C=N–C) groups is 1. The zero-order valence-corrected chi connectivity index (χ0v) is 17.5. The van der Waals surface area contributed by atoms with Crippen molar-refractivity contribution in [2.45, 2.75) is 39.3 Å². The molecule has 0 spiro atoms. The maximum absolute atomic E-state index is 5.69. The summed E-state index contributed by atoms with van der Waals surface area (Å²) in [5.41, 5.74) is 0. The molecule has 3 rings (SSSR count). The zero-order chi connectivity index (χ0) is 17.3. The Balaban J connectivity index is 0.00000243. The number of rotatable bonds is 7. The molecule has 0 amide bonds. The highest BCUT2D eigenvalue weighted by Gasteiger charge is 2.15. The summed E-state index contributed by atoms with van der Waals surface area (Å²) in [4.78, 5) is 4.62. The number of guanidine groups is 1. The van der Waals surface area contributed by atoms with Crippen LogP contribution in [-0.4, -0.2) is 40.4 Å². The molecule has 2 heterocycles. The van der Waals surface area contributed by atoms with Crippen LogP contribution < -0.4 is 15.4 Å². The third-order valence-electron chi connectivity index (χ3n) is 4.07. The molecule has 8 heteroatoms. The average molecular weight is 470 g/mol. The van der Waals surface area contributed by atoms with Crippen molar-refractivity contribution in [1.29, 1.82) is 0 Å². The minimum Gasteiger partial charge on any atom is -0.492 e. The van der Waals surface area contributed by atoms with Crippen LogP contribution in [0.25, 0.3) is 0 Å². The van der Waals surface area contributed by atoms with Crippen LogP contribution in [-0.2, 0) is 19.5 Å². The molecule has 2 N–H and O–H groups in total. The summed E-state index contributed by atoms with van der Waals surface area (Å²) in [6.45, 7) is 5.65. The van der Waals surface area contributed by atoms with E-state index in [-0.39, 0.29) is 24.0 Å². The van der Waals surface area contributed by atoms with Crippen molar-refractivity contribution in [3.05, 3.63) is 42.0 Å². The van der Waals surface area contributed by atoms with E-state index in [1.54, 1.807) is 0 Å². The summed E-state index contributed by atoms with van der Waals surface area (Å²) in [7, 11) is 0. The van der Waals surface area contributed by atoms with Crippen molar-refractivity contribution >= 4 is 29.9 Å². The number of benzene rings is 1. The van der Waals surface area contributed by atoms with Gasteiger partial charge >= 0.3 is 0 Å². The zero-order valence-electron chi connectivity index (χ0n) is 15.1. The Kier molecular flexibility index (Phi) is 8.66. The summed E-state index contributed by atoms with van der Waals surface area (Å²) in [5, 5.41) is 15.1. The smallest absolute Gasteiger partial charge is 0.191 e. The van der Waals surface area contributed by atoms with Crippen LogP contribution in [0.4, 0.5) is 0 Å². The lowest BCUT2D eigenvalue weighted by molar-refractivity contribution is 0.322. The topological polar surface area (TPSA) is 76.4 Å². The molecule has 0 radical (unpaired) electrons. The lowest BCUT2D eigenvalue weighted by atomic mass is 10.2. The van der Waals surface area contributed by atoms with E-state index in [4.69, 9.17) is 4.74 Å². The van der Waals surface area contributed by atoms with Crippen LogP contribution in [0.3, 0.4) is 0 Å². The Hall–Kier alpha value is -1.84. The van der Waals surface area contributed by atoms with E-state index in [2.05, 4.69) is 37.3 Å². The number of hydrogen-bond acceptors (Lipinski definition) is 4. The Labute approximate surface area is 171 Å². The van der Waals surface area contributed by atoms with Gasteiger partial charge in [0.15, 0.2) is 11.8 Å². The lowest BCUT2D eigenvalue weighted by Gasteiger charge is -2.15. The van der Waals surface area contributed by atoms with Gasteiger partial charge in [0.25, 0.3) is 0 Å². The molecule has 1 aromatic heterocycles. The monoisotopic (exact) mass is 470 g/mol. The van der Waals surface area contributed by atoms with Crippen LogP contribution in [0, 0.1) is 0 Å². The number of fused-ring (bicyclic) bond motifs is 1. The molecule has 1 aliphatic rings. The minimum absolute atomic E-state index is 0. The molecule has 0 unspecified atom stereocenters. The van der Waals surface area contributed by atoms with Gasteiger partial charge in [0.05, 0.1) is 6.54 Å². The normalized spacial score (nSPS) is 13.5. The molecular weight excluding hydrogens is 443 g/mol. The number of ether oxygens (including phenoxy) is 1. The second kappa shape index (κ2) is 11.0. The molecule has 1 aliphatic heterocycles. The van der Waals surface area contributed by atoms with E-state index in [0.29, 0.717) is 19.7 Å². The highest BCUT2D eigenvalue weighted by Crippen LogP contribution is 2.14. The van der Waals surface area contributed by atoms with E-state index in [9.17, 15) is 0 Å². The molecule has 7 nitrogen and oxygen atoms in total. The van der Waals surface area contributed by atoms with Crippen molar-refractivity contribution < 1.29 is 4.74 Å². The standard InChI is InChI=1S/C18H26N6O.HI/c1-2-19-18(20-11-13-25-15-8-4-3-5-9-15)21-14-17-23-22-16-10-6-7-12-24(16)17;/h3-5,8-9H,2,6-7,10-14H2,1H3,(H2,19,20,21);1H. The van der Waals surface area contributed by atoms with E-state index >= 15 is 0 Å². The Bertz CT molecular complexity index is 688. The van der Waals surface area contributed by atoms with Crippen LogP contribution >= 0.6 is 24.0 Å². The van der Waals surface area contributed by atoms with Gasteiger partial charge in [0, 0.05) is 19.5 Å². The predicted molar refractivity (Wildman–Crippen MR) is 113 cm³/mol. The molecule has 0 atom stereocenters. The first-order chi connectivity index (χ1) is 12.4. The predicted octanol–water partition coefficient (Wildman–Crippen LogP) is 2.37. The first kappa shape index (κ1) is 20.5. The summed E-state index contributed by atoms with van der Waals surface area (Å²) in [5.74, 6) is 3.67. The maximum atomic E-state index is 5.69. The molecule has 0 bridgehead atoms. The van der Waals surface area contributed by atoms with Gasteiger partial charge in [-0.1, -0.05) is 18.2 Å². The molecule has 142 valence electrons. The van der Waals surface area contributed by atoms with Crippen molar-refractivity contribution in [1.82, 2.24) is 25.4 Å². The number of para-hydroxylation sites is 1. The second-order valence-corrected chi connectivity index (χ2v) is 5.92. The number of nitrogens with one attached hydrogen (secondary N) is 2. The van der Waals surface area contributed by atoms with Gasteiger partial charge in [-0.05, 0) is 31.9 Å². The van der Waals surface area contributed by atoms with E-state index < -0.39 is 0 Å². The van der Waals surface area contributed by atoms with Gasteiger partial charge in [-0.2, -0.15) is 0 Å². The van der Waals surface area contributed by atoms with Crippen molar-refractivity contribution in [2.75, 3.05) is 19.7 Å². The van der Waals surface area contributed by atoms with E-state index in [1.807, 2.05) is 30.3 Å². The molecule has 0 aliphatic carbocycles. The number of nitrogens with zero attached hydrogens (tertiary/aromatic N) is 4. The van der Waals surface area contributed by atoms with Crippen LogP contribution in [0.1, 0.15) is 31.4 Å². The van der Waals surface area contributed by atoms with Crippen LogP contribution in [0.5, 0.6) is 5.75 Å². The summed E-state index contributed by atoms with van der Waals surface area (Å²) < 4.78 is 7.89. The SMILES string of the molecule is CCNC(=NCc1nnc2n1CCCC2)NCCOc1ccccc1.I. The molecule has 0 fully saturated rings. The summed E-state index contributed by atoms with van der Waals surface area (Å²) >= 11 is 0. The largest absolute Gasteiger partial charge is 0.492 e. The van der Waals surface area contributed by atoms with Gasteiger partial charge in [-0.25, -0.2) is 4.99 Å². The maximum Gasteiger partial charge on any atom is 0.191 e. The Morgan fingerprint density at radius 2 is 2.04 bits per heavy atom. The van der Waals surface area contributed by atoms with Crippen molar-refractivity contribution in [2.24, 2.45) is 4.99 Å². The van der Waals surface area contributed by atoms with Crippen molar-refractivity contribution in [3.8, 4) is 5.75 Å². The number of halogens is 1. The number of aromatic nitrogens is 3. The molecule has 1 aromatic carbocycles. The van der Waals surface area contributed by atoms with E-state index in [1.165, 1.54) is 12.8 Å². The number of hydrogen-bond donors (Lipinski definition) is 2. The third-order valence-corrected chi connectivity index (χ3v) is 4.07. The van der Waals surface area contributed by atoms with Crippen LogP contribution in [0.2, 0.25) is 0 Å². The average Bonchev–Trinajstić information content (AvgIpc) is 3.07. The molecule has 26 heavy (non-hydrogen) atoms. The van der Waals surface area contributed by atoms with Gasteiger partial charge in [0.2, 0.25) is 0 Å². The van der Waals surface area contributed by atoms with Crippen molar-refractivity contribution in [3.63, 3.8) is 0 Å². The van der Waals surface area contributed by atoms with E-state index in [0.717, 1.165) is 42.9 Å². The Morgan fingerprint density at radius 1 is 1.19 bits per heavy atom.